The van der Waals surface area contributed by atoms with E-state index in [0.29, 0.717) is 0 Å². The van der Waals surface area contributed by atoms with E-state index in [1.807, 2.05) is 73.7 Å². The summed E-state index contributed by atoms with van der Waals surface area (Å²) in [6.07, 6.45) is 1.43. The Morgan fingerprint density at radius 2 is 1.72 bits per heavy atom. The van der Waals surface area contributed by atoms with Crippen LogP contribution in [0.5, 0.6) is 0 Å². The van der Waals surface area contributed by atoms with Crippen molar-refractivity contribution in [2.75, 3.05) is 13.4 Å². The Labute approximate surface area is 174 Å². The third kappa shape index (κ3) is 5.62. The number of rotatable bonds is 4. The van der Waals surface area contributed by atoms with Crippen molar-refractivity contribution in [2.24, 2.45) is 5.16 Å². The highest BCUT2D eigenvalue weighted by Gasteiger charge is 2.16. The lowest BCUT2D eigenvalue weighted by Crippen LogP contribution is -2.14. The zero-order valence-electron chi connectivity index (χ0n) is 16.3. The van der Waals surface area contributed by atoms with Gasteiger partial charge >= 0.3 is 5.97 Å². The average Bonchev–Trinajstić information content (AvgIpc) is 2.72. The van der Waals surface area contributed by atoms with Gasteiger partial charge in [-0.15, -0.1) is 0 Å². The Morgan fingerprint density at radius 3 is 2.45 bits per heavy atom. The lowest BCUT2D eigenvalue weighted by molar-refractivity contribution is -0.132. The van der Waals surface area contributed by atoms with E-state index in [1.54, 1.807) is 0 Å². The highest BCUT2D eigenvalue weighted by molar-refractivity contribution is 8.15. The molecule has 7 heteroatoms. The van der Waals surface area contributed by atoms with Crippen LogP contribution in [0.1, 0.15) is 11.1 Å². The molecular weight excluding hydrogens is 406 g/mol. The highest BCUT2D eigenvalue weighted by Crippen LogP contribution is 2.22. The SMILES string of the molecule is COC(=O)C(=NOS(C)(=O)=Cc1cccc2ccccc12)Sc1ccc(C)cc1. The molecule has 0 saturated heterocycles. The molecule has 0 bridgehead atoms. The highest BCUT2D eigenvalue weighted by atomic mass is 32.2. The van der Waals surface area contributed by atoms with E-state index in [4.69, 9.17) is 9.02 Å². The zero-order chi connectivity index (χ0) is 20.9. The number of fused-ring (bicyclic) bond motifs is 1. The van der Waals surface area contributed by atoms with Crippen LogP contribution in [0.15, 0.2) is 76.8 Å². The van der Waals surface area contributed by atoms with Crippen LogP contribution in [-0.4, -0.2) is 34.0 Å². The number of oxime groups is 1. The van der Waals surface area contributed by atoms with Crippen molar-refractivity contribution in [1.82, 2.24) is 0 Å². The summed E-state index contributed by atoms with van der Waals surface area (Å²) in [6, 6.07) is 21.1. The fourth-order valence-electron chi connectivity index (χ4n) is 2.62. The molecule has 0 aliphatic carbocycles. The molecule has 0 aromatic heterocycles. The zero-order valence-corrected chi connectivity index (χ0v) is 18.0. The van der Waals surface area contributed by atoms with Crippen molar-refractivity contribution in [1.29, 1.82) is 0 Å². The minimum atomic E-state index is -2.95. The summed E-state index contributed by atoms with van der Waals surface area (Å²) >= 11 is 1.09. The van der Waals surface area contributed by atoms with Crippen LogP contribution in [0.3, 0.4) is 0 Å². The summed E-state index contributed by atoms with van der Waals surface area (Å²) in [5, 5.41) is 7.35. The summed E-state index contributed by atoms with van der Waals surface area (Å²) in [7, 11) is -1.68. The van der Waals surface area contributed by atoms with Gasteiger partial charge in [-0.1, -0.05) is 77.1 Å². The maximum absolute atomic E-state index is 13.0. The maximum atomic E-state index is 13.0. The smallest absolute Gasteiger partial charge is 0.367 e. The molecule has 1 unspecified atom stereocenters. The number of ether oxygens (including phenoxy) is 1. The largest absolute Gasteiger partial charge is 0.464 e. The third-order valence-electron chi connectivity index (χ3n) is 4.03. The lowest BCUT2D eigenvalue weighted by atomic mass is 10.1. The van der Waals surface area contributed by atoms with Gasteiger partial charge in [-0.2, -0.15) is 0 Å². The van der Waals surface area contributed by atoms with Gasteiger partial charge in [0.1, 0.15) is 9.80 Å². The molecule has 0 aliphatic rings. The molecule has 150 valence electrons. The van der Waals surface area contributed by atoms with E-state index in [9.17, 15) is 9.00 Å². The van der Waals surface area contributed by atoms with Gasteiger partial charge < -0.3 is 9.02 Å². The number of nitrogens with zero attached hydrogens (tertiary/aromatic N) is 1. The van der Waals surface area contributed by atoms with Crippen LogP contribution in [-0.2, 0) is 23.6 Å². The van der Waals surface area contributed by atoms with Crippen LogP contribution >= 0.6 is 11.8 Å². The van der Waals surface area contributed by atoms with Crippen molar-refractivity contribution >= 4 is 48.7 Å². The molecule has 1 atom stereocenters. The van der Waals surface area contributed by atoms with Crippen molar-refractivity contribution < 1.29 is 18.0 Å². The van der Waals surface area contributed by atoms with Crippen LogP contribution in [0.2, 0.25) is 0 Å². The second-order valence-electron chi connectivity index (χ2n) is 6.39. The van der Waals surface area contributed by atoms with Gasteiger partial charge in [0.05, 0.1) is 7.11 Å². The minimum Gasteiger partial charge on any atom is -0.464 e. The van der Waals surface area contributed by atoms with Gasteiger partial charge in [-0.25, -0.2) is 9.00 Å². The number of methoxy groups -OCH3 is 1. The summed E-state index contributed by atoms with van der Waals surface area (Å²) in [5.41, 5.74) is 1.88. The minimum absolute atomic E-state index is 0.0303. The first-order valence-corrected chi connectivity index (χ1v) is 11.6. The molecule has 0 fully saturated rings. The molecule has 3 rings (SSSR count). The van der Waals surface area contributed by atoms with Gasteiger partial charge in [-0.3, -0.25) is 0 Å². The predicted molar refractivity (Wildman–Crippen MR) is 121 cm³/mol. The van der Waals surface area contributed by atoms with Gasteiger partial charge in [0, 0.05) is 16.5 Å². The van der Waals surface area contributed by atoms with E-state index >= 15 is 0 Å². The second kappa shape index (κ2) is 9.15. The summed E-state index contributed by atoms with van der Waals surface area (Å²) in [5.74, 6) is -0.657. The summed E-state index contributed by atoms with van der Waals surface area (Å²) < 4.78 is 23.0. The summed E-state index contributed by atoms with van der Waals surface area (Å²) in [4.78, 5) is 12.9. The van der Waals surface area contributed by atoms with Crippen molar-refractivity contribution in [3.63, 3.8) is 0 Å². The lowest BCUT2D eigenvalue weighted by Gasteiger charge is -2.08. The van der Waals surface area contributed by atoms with Crippen LogP contribution < -0.4 is 0 Å². The Hall–Kier alpha value is -2.77. The molecule has 0 aliphatic heterocycles. The molecule has 29 heavy (non-hydrogen) atoms. The molecule has 5 nitrogen and oxygen atoms in total. The Morgan fingerprint density at radius 1 is 1.03 bits per heavy atom. The first kappa shape index (κ1) is 21.0. The van der Waals surface area contributed by atoms with Gasteiger partial charge in [0.2, 0.25) is 5.04 Å². The molecule has 0 amide bonds. The van der Waals surface area contributed by atoms with Crippen molar-refractivity contribution in [3.05, 3.63) is 77.9 Å². The van der Waals surface area contributed by atoms with Crippen molar-refractivity contribution in [2.45, 2.75) is 11.8 Å². The van der Waals surface area contributed by atoms with E-state index in [2.05, 4.69) is 5.16 Å². The third-order valence-corrected chi connectivity index (χ3v) is 6.02. The number of hydrogen-bond donors (Lipinski definition) is 0. The normalized spacial score (nSPS) is 13.6. The fourth-order valence-corrected chi connectivity index (χ4v) is 4.33. The summed E-state index contributed by atoms with van der Waals surface area (Å²) in [6.45, 7) is 1.97. The molecular formula is C22H21NO4S2. The molecule has 0 saturated carbocycles. The number of aryl methyl sites for hydroxylation is 1. The second-order valence-corrected chi connectivity index (χ2v) is 9.50. The Kier molecular flexibility index (Phi) is 6.61. The molecule has 0 radical (unpaired) electrons. The van der Waals surface area contributed by atoms with Crippen molar-refractivity contribution in [3.8, 4) is 0 Å². The Balaban J connectivity index is 1.90. The molecule has 0 heterocycles. The molecule has 3 aromatic carbocycles. The van der Waals surface area contributed by atoms with E-state index in [1.165, 1.54) is 18.7 Å². The monoisotopic (exact) mass is 427 g/mol. The number of carbonyl (C=O) groups excluding carboxylic acids is 1. The number of benzene rings is 3. The number of thioether (sulfide) groups is 1. The van der Waals surface area contributed by atoms with Gasteiger partial charge in [0.25, 0.3) is 0 Å². The van der Waals surface area contributed by atoms with Crippen LogP contribution in [0, 0.1) is 6.92 Å². The first-order chi connectivity index (χ1) is 13.9. The van der Waals surface area contributed by atoms with E-state index < -0.39 is 15.8 Å². The average molecular weight is 428 g/mol. The first-order valence-electron chi connectivity index (χ1n) is 8.79. The molecule has 0 N–H and O–H groups in total. The van der Waals surface area contributed by atoms with E-state index in [0.717, 1.165) is 38.6 Å². The molecule has 0 spiro atoms. The molecule has 3 aromatic rings. The predicted octanol–water partition coefficient (Wildman–Crippen LogP) is 4.42. The standard InChI is InChI=1S/C22H21NO4S2/c1-16-11-13-19(14-12-16)28-21(22(24)26-2)23-27-29(3,25)15-18-9-6-8-17-7-4-5-10-20(17)18/h4-15H,1-3H3. The maximum Gasteiger partial charge on any atom is 0.367 e. The quantitative estimate of drug-likeness (QED) is 0.154. The van der Waals surface area contributed by atoms with Crippen LogP contribution in [0.4, 0.5) is 0 Å². The Bertz CT molecular complexity index is 1170. The van der Waals surface area contributed by atoms with E-state index in [-0.39, 0.29) is 5.04 Å². The number of carbonyl (C=O) groups is 1. The van der Waals surface area contributed by atoms with Gasteiger partial charge in [-0.05, 0) is 35.4 Å². The number of hydrogen-bond acceptors (Lipinski definition) is 6. The topological polar surface area (TPSA) is 65.0 Å². The van der Waals surface area contributed by atoms with Gasteiger partial charge in [0.15, 0.2) is 0 Å². The van der Waals surface area contributed by atoms with Crippen LogP contribution in [0.25, 0.3) is 10.8 Å². The number of esters is 1. The fraction of sp³-hybridized carbons (Fsp3) is 0.136.